The van der Waals surface area contributed by atoms with Gasteiger partial charge in [0.1, 0.15) is 0 Å². The van der Waals surface area contributed by atoms with E-state index in [-0.39, 0.29) is 18.6 Å². The van der Waals surface area contributed by atoms with Gasteiger partial charge in [-0.25, -0.2) is 0 Å². The van der Waals surface area contributed by atoms with Crippen molar-refractivity contribution in [2.24, 2.45) is 0 Å². The van der Waals surface area contributed by atoms with Gasteiger partial charge in [0.25, 0.3) is 0 Å². The Kier molecular flexibility index (Phi) is 6.65. The van der Waals surface area contributed by atoms with Crippen LogP contribution in [0.15, 0.2) is 60.7 Å². The summed E-state index contributed by atoms with van der Waals surface area (Å²) in [6.45, 7) is -0.0836. The molecule has 2 N–H and O–H groups in total. The predicted octanol–water partition coefficient (Wildman–Crippen LogP) is 3.25. The van der Waals surface area contributed by atoms with Crippen LogP contribution in [0.5, 0.6) is 0 Å². The Labute approximate surface area is 132 Å². The number of amides is 1. The average Bonchev–Trinajstić information content (AvgIpc) is 2.58. The molecule has 2 aromatic carbocycles. The summed E-state index contributed by atoms with van der Waals surface area (Å²) in [4.78, 5) is 12.0. The summed E-state index contributed by atoms with van der Waals surface area (Å²) in [5.41, 5.74) is 2.24. The first-order valence-corrected chi connectivity index (χ1v) is 7.78. The third-order valence-electron chi connectivity index (χ3n) is 3.68. The molecule has 0 saturated carbocycles. The molecule has 3 heteroatoms. The van der Waals surface area contributed by atoms with Gasteiger partial charge in [-0.1, -0.05) is 60.7 Å². The lowest BCUT2D eigenvalue weighted by atomic mass is 10.1. The van der Waals surface area contributed by atoms with Crippen molar-refractivity contribution in [1.29, 1.82) is 0 Å². The lowest BCUT2D eigenvalue weighted by Gasteiger charge is -2.16. The van der Waals surface area contributed by atoms with Gasteiger partial charge in [-0.15, -0.1) is 0 Å². The van der Waals surface area contributed by atoms with Gasteiger partial charge in [-0.05, 0) is 30.4 Å². The Bertz CT molecular complexity index is 554. The minimum absolute atomic E-state index is 0.00374. The molecule has 0 heterocycles. The maximum absolute atomic E-state index is 12.0. The molecule has 2 rings (SSSR count). The van der Waals surface area contributed by atoms with E-state index in [1.165, 1.54) is 5.56 Å². The van der Waals surface area contributed by atoms with Crippen molar-refractivity contribution in [2.45, 2.75) is 31.7 Å². The fourth-order valence-electron chi connectivity index (χ4n) is 2.45. The number of carbonyl (C=O) groups is 1. The molecule has 0 fully saturated rings. The third kappa shape index (κ3) is 5.34. The van der Waals surface area contributed by atoms with Crippen LogP contribution in [0.1, 0.15) is 36.4 Å². The molecule has 0 radical (unpaired) electrons. The fraction of sp³-hybridized carbons (Fsp3) is 0.316. The molecule has 1 amide bonds. The quantitative estimate of drug-likeness (QED) is 0.735. The monoisotopic (exact) mass is 297 g/mol. The van der Waals surface area contributed by atoms with Crippen LogP contribution in [0.2, 0.25) is 0 Å². The van der Waals surface area contributed by atoms with E-state index in [9.17, 15) is 9.90 Å². The van der Waals surface area contributed by atoms with Crippen LogP contribution in [0.25, 0.3) is 0 Å². The van der Waals surface area contributed by atoms with Crippen LogP contribution in [-0.4, -0.2) is 17.6 Å². The number of benzene rings is 2. The standard InChI is InChI=1S/C19H23NO2/c21-15-18(17-12-5-2-6-13-17)20-19(22)14-8-7-11-16-9-3-1-4-10-16/h1-6,9-10,12-13,18,21H,7-8,11,14-15H2,(H,20,22)/t18-/m0/s1. The third-order valence-corrected chi connectivity index (χ3v) is 3.68. The number of aliphatic hydroxyl groups is 1. The highest BCUT2D eigenvalue weighted by atomic mass is 16.3. The van der Waals surface area contributed by atoms with Crippen LogP contribution < -0.4 is 5.32 Å². The first-order valence-electron chi connectivity index (χ1n) is 7.78. The molecule has 3 nitrogen and oxygen atoms in total. The van der Waals surface area contributed by atoms with Gasteiger partial charge in [0, 0.05) is 6.42 Å². The van der Waals surface area contributed by atoms with Crippen molar-refractivity contribution in [3.05, 3.63) is 71.8 Å². The van der Waals surface area contributed by atoms with E-state index in [1.54, 1.807) is 0 Å². The van der Waals surface area contributed by atoms with Gasteiger partial charge in [0.05, 0.1) is 12.6 Å². The minimum Gasteiger partial charge on any atom is -0.394 e. The SMILES string of the molecule is O=C(CCCCc1ccccc1)N[C@@H](CO)c1ccccc1. The van der Waals surface area contributed by atoms with Gasteiger partial charge < -0.3 is 10.4 Å². The normalized spacial score (nSPS) is 11.9. The summed E-state index contributed by atoms with van der Waals surface area (Å²) in [5, 5.41) is 12.3. The van der Waals surface area contributed by atoms with E-state index in [0.717, 1.165) is 24.8 Å². The van der Waals surface area contributed by atoms with E-state index in [1.807, 2.05) is 48.5 Å². The Hall–Kier alpha value is -2.13. The van der Waals surface area contributed by atoms with Crippen LogP contribution >= 0.6 is 0 Å². The van der Waals surface area contributed by atoms with Crippen molar-refractivity contribution >= 4 is 5.91 Å². The summed E-state index contributed by atoms with van der Waals surface area (Å²) in [7, 11) is 0. The van der Waals surface area contributed by atoms with Crippen LogP contribution in [0.3, 0.4) is 0 Å². The molecule has 0 aliphatic rings. The summed E-state index contributed by atoms with van der Waals surface area (Å²) in [5.74, 6) is -0.00374. The molecule has 0 aromatic heterocycles. The Morgan fingerprint density at radius 2 is 1.59 bits per heavy atom. The van der Waals surface area contributed by atoms with Crippen LogP contribution in [0, 0.1) is 0 Å². The van der Waals surface area contributed by atoms with Crippen molar-refractivity contribution in [3.63, 3.8) is 0 Å². The zero-order valence-corrected chi connectivity index (χ0v) is 12.7. The molecule has 1 atom stereocenters. The molecule has 0 spiro atoms. The molecule has 0 saturated heterocycles. The number of aliphatic hydroxyl groups excluding tert-OH is 1. The molecule has 0 aliphatic heterocycles. The molecule has 22 heavy (non-hydrogen) atoms. The number of rotatable bonds is 8. The number of aryl methyl sites for hydroxylation is 1. The van der Waals surface area contributed by atoms with E-state index >= 15 is 0 Å². The maximum atomic E-state index is 12.0. The van der Waals surface area contributed by atoms with Crippen molar-refractivity contribution in [1.82, 2.24) is 5.32 Å². The highest BCUT2D eigenvalue weighted by Crippen LogP contribution is 2.12. The Morgan fingerprint density at radius 3 is 2.23 bits per heavy atom. The topological polar surface area (TPSA) is 49.3 Å². The van der Waals surface area contributed by atoms with Gasteiger partial charge in [0.15, 0.2) is 0 Å². The van der Waals surface area contributed by atoms with Crippen LogP contribution in [-0.2, 0) is 11.2 Å². The first-order chi connectivity index (χ1) is 10.8. The fourth-order valence-corrected chi connectivity index (χ4v) is 2.45. The molecular weight excluding hydrogens is 274 g/mol. The summed E-state index contributed by atoms with van der Waals surface area (Å²) in [6.07, 6.45) is 3.34. The Balaban J connectivity index is 1.71. The number of hydrogen-bond acceptors (Lipinski definition) is 2. The second kappa shape index (κ2) is 9.00. The summed E-state index contributed by atoms with van der Waals surface area (Å²) in [6, 6.07) is 19.5. The van der Waals surface area contributed by atoms with Crippen molar-refractivity contribution in [3.8, 4) is 0 Å². The highest BCUT2D eigenvalue weighted by Gasteiger charge is 2.12. The second-order valence-electron chi connectivity index (χ2n) is 5.41. The van der Waals surface area contributed by atoms with Gasteiger partial charge >= 0.3 is 0 Å². The predicted molar refractivity (Wildman–Crippen MR) is 88.4 cm³/mol. The number of carbonyl (C=O) groups excluding carboxylic acids is 1. The summed E-state index contributed by atoms with van der Waals surface area (Å²) < 4.78 is 0. The first kappa shape index (κ1) is 16.2. The van der Waals surface area contributed by atoms with Gasteiger partial charge in [-0.2, -0.15) is 0 Å². The van der Waals surface area contributed by atoms with Gasteiger partial charge in [0.2, 0.25) is 5.91 Å². The average molecular weight is 297 g/mol. The van der Waals surface area contributed by atoms with Crippen molar-refractivity contribution < 1.29 is 9.90 Å². The highest BCUT2D eigenvalue weighted by molar-refractivity contribution is 5.76. The van der Waals surface area contributed by atoms with Crippen molar-refractivity contribution in [2.75, 3.05) is 6.61 Å². The molecule has 0 bridgehead atoms. The number of nitrogens with one attached hydrogen (secondary N) is 1. The zero-order valence-electron chi connectivity index (χ0n) is 12.7. The summed E-state index contributed by atoms with van der Waals surface area (Å²) >= 11 is 0. The largest absolute Gasteiger partial charge is 0.394 e. The van der Waals surface area contributed by atoms with E-state index in [0.29, 0.717) is 6.42 Å². The molecule has 0 aliphatic carbocycles. The maximum Gasteiger partial charge on any atom is 0.220 e. The second-order valence-corrected chi connectivity index (χ2v) is 5.41. The molecular formula is C19H23NO2. The van der Waals surface area contributed by atoms with E-state index in [2.05, 4.69) is 17.4 Å². The molecule has 116 valence electrons. The molecule has 2 aromatic rings. The van der Waals surface area contributed by atoms with Gasteiger partial charge in [-0.3, -0.25) is 4.79 Å². The number of hydrogen-bond donors (Lipinski definition) is 2. The van der Waals surface area contributed by atoms with E-state index in [4.69, 9.17) is 0 Å². The van der Waals surface area contributed by atoms with Crippen LogP contribution in [0.4, 0.5) is 0 Å². The number of unbranched alkanes of at least 4 members (excludes halogenated alkanes) is 1. The zero-order chi connectivity index (χ0) is 15.6. The smallest absolute Gasteiger partial charge is 0.220 e. The lowest BCUT2D eigenvalue weighted by Crippen LogP contribution is -2.30. The molecule has 0 unspecified atom stereocenters. The Morgan fingerprint density at radius 1 is 0.955 bits per heavy atom. The lowest BCUT2D eigenvalue weighted by molar-refractivity contribution is -0.122. The minimum atomic E-state index is -0.317. The van der Waals surface area contributed by atoms with E-state index < -0.39 is 0 Å².